The Kier molecular flexibility index (Phi) is 5.72. The molecule has 19 heavy (non-hydrogen) atoms. The molecule has 0 spiro atoms. The summed E-state index contributed by atoms with van der Waals surface area (Å²) < 4.78 is 0. The molecule has 0 bridgehead atoms. The lowest BCUT2D eigenvalue weighted by atomic mass is 10.0. The molecule has 2 rings (SSSR count). The number of aromatic nitrogens is 2. The molecule has 1 saturated heterocycles. The zero-order valence-electron chi connectivity index (χ0n) is 11.4. The van der Waals surface area contributed by atoms with Crippen LogP contribution in [0.1, 0.15) is 44.0 Å². The maximum absolute atomic E-state index is 11.8. The fourth-order valence-corrected chi connectivity index (χ4v) is 3.01. The molecule has 1 atom stereocenters. The number of carbonyl (C=O) groups is 1. The molecule has 0 saturated carbocycles. The lowest BCUT2D eigenvalue weighted by Gasteiger charge is -2.06. The fourth-order valence-electron chi connectivity index (χ4n) is 2.21. The molecular weight excluding hydrogens is 260 g/mol. The lowest BCUT2D eigenvalue weighted by molar-refractivity contribution is -0.116. The Morgan fingerprint density at radius 3 is 3.16 bits per heavy atom. The van der Waals surface area contributed by atoms with Crippen molar-refractivity contribution in [3.63, 3.8) is 0 Å². The summed E-state index contributed by atoms with van der Waals surface area (Å²) >= 11 is 1.49. The number of aryl methyl sites for hydroxylation is 1. The molecule has 1 aromatic rings. The number of hydrogen-bond donors (Lipinski definition) is 2. The Bertz CT molecular complexity index is 401. The van der Waals surface area contributed by atoms with Gasteiger partial charge in [-0.25, -0.2) is 0 Å². The Labute approximate surface area is 118 Å². The van der Waals surface area contributed by atoms with Crippen molar-refractivity contribution in [2.45, 2.75) is 45.4 Å². The molecule has 2 heterocycles. The van der Waals surface area contributed by atoms with Crippen LogP contribution in [0, 0.1) is 5.92 Å². The van der Waals surface area contributed by atoms with Gasteiger partial charge in [0, 0.05) is 12.8 Å². The highest BCUT2D eigenvalue weighted by Gasteiger charge is 2.16. The summed E-state index contributed by atoms with van der Waals surface area (Å²) in [5.74, 6) is 0.713. The third-order valence-electron chi connectivity index (χ3n) is 3.40. The number of anilines is 1. The second-order valence-corrected chi connectivity index (χ2v) is 6.11. The highest BCUT2D eigenvalue weighted by Crippen LogP contribution is 2.19. The van der Waals surface area contributed by atoms with Crippen molar-refractivity contribution in [3.05, 3.63) is 5.01 Å². The van der Waals surface area contributed by atoms with Gasteiger partial charge in [-0.2, -0.15) is 0 Å². The van der Waals surface area contributed by atoms with E-state index < -0.39 is 0 Å². The second kappa shape index (κ2) is 7.55. The van der Waals surface area contributed by atoms with Gasteiger partial charge in [0.1, 0.15) is 5.01 Å². The highest BCUT2D eigenvalue weighted by atomic mass is 32.1. The summed E-state index contributed by atoms with van der Waals surface area (Å²) in [6, 6.07) is 0. The molecule has 0 radical (unpaired) electrons. The molecule has 5 nitrogen and oxygen atoms in total. The SMILES string of the molecule is CCCCc1nnc(NC(=O)CCC2CCNC2)s1. The van der Waals surface area contributed by atoms with E-state index >= 15 is 0 Å². The molecule has 106 valence electrons. The average Bonchev–Trinajstić information content (AvgIpc) is 3.05. The summed E-state index contributed by atoms with van der Waals surface area (Å²) in [6.45, 7) is 4.29. The van der Waals surface area contributed by atoms with Crippen molar-refractivity contribution in [1.29, 1.82) is 0 Å². The van der Waals surface area contributed by atoms with Gasteiger partial charge in [0.2, 0.25) is 11.0 Å². The predicted octanol–water partition coefficient (Wildman–Crippen LogP) is 2.21. The zero-order valence-corrected chi connectivity index (χ0v) is 12.3. The number of nitrogens with zero attached hydrogens (tertiary/aromatic N) is 2. The van der Waals surface area contributed by atoms with E-state index in [1.165, 1.54) is 17.8 Å². The number of rotatable bonds is 7. The molecular formula is C13H22N4OS. The van der Waals surface area contributed by atoms with Crippen molar-refractivity contribution in [2.75, 3.05) is 18.4 Å². The van der Waals surface area contributed by atoms with Crippen LogP contribution in [-0.4, -0.2) is 29.2 Å². The third-order valence-corrected chi connectivity index (χ3v) is 4.30. The van der Waals surface area contributed by atoms with E-state index in [0.29, 0.717) is 17.5 Å². The van der Waals surface area contributed by atoms with Crippen LogP contribution < -0.4 is 10.6 Å². The van der Waals surface area contributed by atoms with Gasteiger partial charge in [-0.3, -0.25) is 4.79 Å². The van der Waals surface area contributed by atoms with E-state index in [1.54, 1.807) is 0 Å². The summed E-state index contributed by atoms with van der Waals surface area (Å²) in [6.07, 6.45) is 5.95. The molecule has 1 unspecified atom stereocenters. The van der Waals surface area contributed by atoms with Crippen molar-refractivity contribution >= 4 is 22.4 Å². The minimum atomic E-state index is 0.0603. The monoisotopic (exact) mass is 282 g/mol. The van der Waals surface area contributed by atoms with Crippen LogP contribution in [0.5, 0.6) is 0 Å². The van der Waals surface area contributed by atoms with Crippen LogP contribution in [0.25, 0.3) is 0 Å². The molecule has 6 heteroatoms. The van der Waals surface area contributed by atoms with Crippen LogP contribution in [0.15, 0.2) is 0 Å². The normalized spacial score (nSPS) is 18.7. The van der Waals surface area contributed by atoms with Gasteiger partial charge in [-0.15, -0.1) is 10.2 Å². The Morgan fingerprint density at radius 1 is 1.53 bits per heavy atom. The van der Waals surface area contributed by atoms with Gasteiger partial charge >= 0.3 is 0 Å². The number of nitrogens with one attached hydrogen (secondary N) is 2. The van der Waals surface area contributed by atoms with E-state index in [0.717, 1.165) is 43.8 Å². The maximum atomic E-state index is 11.8. The standard InChI is InChI=1S/C13H22N4OS/c1-2-3-4-12-16-17-13(19-12)15-11(18)6-5-10-7-8-14-9-10/h10,14H,2-9H2,1H3,(H,15,17,18). The molecule has 1 aromatic heterocycles. The molecule has 0 aliphatic carbocycles. The van der Waals surface area contributed by atoms with Crippen molar-refractivity contribution in [3.8, 4) is 0 Å². The first-order valence-electron chi connectivity index (χ1n) is 7.11. The summed E-state index contributed by atoms with van der Waals surface area (Å²) in [4.78, 5) is 11.8. The smallest absolute Gasteiger partial charge is 0.226 e. The molecule has 1 aliphatic rings. The average molecular weight is 282 g/mol. The van der Waals surface area contributed by atoms with Gasteiger partial charge in [0.05, 0.1) is 0 Å². The predicted molar refractivity (Wildman–Crippen MR) is 77.4 cm³/mol. The summed E-state index contributed by atoms with van der Waals surface area (Å²) in [7, 11) is 0. The second-order valence-electron chi connectivity index (χ2n) is 5.05. The minimum absolute atomic E-state index is 0.0603. The lowest BCUT2D eigenvalue weighted by Crippen LogP contribution is -2.14. The van der Waals surface area contributed by atoms with E-state index in [-0.39, 0.29) is 5.91 Å². The first-order chi connectivity index (χ1) is 9.28. The molecule has 1 amide bonds. The molecule has 1 aliphatic heterocycles. The van der Waals surface area contributed by atoms with Crippen molar-refractivity contribution in [2.24, 2.45) is 5.92 Å². The van der Waals surface area contributed by atoms with Crippen molar-refractivity contribution in [1.82, 2.24) is 15.5 Å². The summed E-state index contributed by atoms with van der Waals surface area (Å²) in [5, 5.41) is 15.9. The van der Waals surface area contributed by atoms with E-state index in [9.17, 15) is 4.79 Å². The summed E-state index contributed by atoms with van der Waals surface area (Å²) in [5.41, 5.74) is 0. The molecule has 2 N–H and O–H groups in total. The minimum Gasteiger partial charge on any atom is -0.316 e. The Hall–Kier alpha value is -1.01. The van der Waals surface area contributed by atoms with Crippen molar-refractivity contribution < 1.29 is 4.79 Å². The maximum Gasteiger partial charge on any atom is 0.226 e. The quantitative estimate of drug-likeness (QED) is 0.804. The van der Waals surface area contributed by atoms with Gasteiger partial charge in [0.25, 0.3) is 0 Å². The molecule has 0 aromatic carbocycles. The van der Waals surface area contributed by atoms with Crippen LogP contribution in [0.4, 0.5) is 5.13 Å². The third kappa shape index (κ3) is 4.87. The Balaban J connectivity index is 1.70. The van der Waals surface area contributed by atoms with Gasteiger partial charge in [0.15, 0.2) is 0 Å². The molecule has 1 fully saturated rings. The van der Waals surface area contributed by atoms with E-state index in [4.69, 9.17) is 0 Å². The van der Waals surface area contributed by atoms with Gasteiger partial charge in [-0.1, -0.05) is 24.7 Å². The first kappa shape index (κ1) is 14.4. The fraction of sp³-hybridized carbons (Fsp3) is 0.769. The van der Waals surface area contributed by atoms with Gasteiger partial charge in [-0.05, 0) is 38.3 Å². The van der Waals surface area contributed by atoms with Crippen LogP contribution in [0.3, 0.4) is 0 Å². The van der Waals surface area contributed by atoms with Gasteiger partial charge < -0.3 is 10.6 Å². The van der Waals surface area contributed by atoms with Crippen LogP contribution in [0.2, 0.25) is 0 Å². The number of unbranched alkanes of at least 4 members (excludes halogenated alkanes) is 1. The van der Waals surface area contributed by atoms with Crippen LogP contribution in [-0.2, 0) is 11.2 Å². The Morgan fingerprint density at radius 2 is 2.42 bits per heavy atom. The van der Waals surface area contributed by atoms with Crippen LogP contribution >= 0.6 is 11.3 Å². The largest absolute Gasteiger partial charge is 0.316 e. The first-order valence-corrected chi connectivity index (χ1v) is 7.92. The number of hydrogen-bond acceptors (Lipinski definition) is 5. The van der Waals surface area contributed by atoms with E-state index in [2.05, 4.69) is 27.8 Å². The van der Waals surface area contributed by atoms with E-state index in [1.807, 2.05) is 0 Å². The topological polar surface area (TPSA) is 66.9 Å². The highest BCUT2D eigenvalue weighted by molar-refractivity contribution is 7.15. The number of amides is 1. The number of carbonyl (C=O) groups excluding carboxylic acids is 1. The zero-order chi connectivity index (χ0) is 13.5.